The van der Waals surface area contributed by atoms with Gasteiger partial charge < -0.3 is 9.72 Å². The van der Waals surface area contributed by atoms with E-state index in [0.29, 0.717) is 0 Å². The maximum absolute atomic E-state index is 4.94. The number of hydrogen-bond acceptors (Lipinski definition) is 3. The van der Waals surface area contributed by atoms with Crippen molar-refractivity contribution in [1.82, 2.24) is 19.6 Å². The lowest BCUT2D eigenvalue weighted by Crippen LogP contribution is -2.26. The van der Waals surface area contributed by atoms with Gasteiger partial charge in [-0.1, -0.05) is 34.1 Å². The van der Waals surface area contributed by atoms with Gasteiger partial charge in [-0.2, -0.15) is 0 Å². The second-order valence-electron chi connectivity index (χ2n) is 7.22. The van der Waals surface area contributed by atoms with Gasteiger partial charge in [0.2, 0.25) is 0 Å². The Morgan fingerprint density at radius 3 is 2.41 bits per heavy atom. The maximum atomic E-state index is 4.94. The fourth-order valence-corrected chi connectivity index (χ4v) is 4.59. The average molecular weight is 470 g/mol. The summed E-state index contributed by atoms with van der Waals surface area (Å²) in [6, 6.07) is 14.7. The van der Waals surface area contributed by atoms with Gasteiger partial charge in [-0.3, -0.25) is 4.90 Å². The Kier molecular flexibility index (Phi) is 6.49. The Labute approximate surface area is 180 Å². The van der Waals surface area contributed by atoms with Crippen LogP contribution in [0.1, 0.15) is 5.69 Å². The molecule has 0 spiro atoms. The average Bonchev–Trinajstić information content (AvgIpc) is 3.30. The molecule has 2 aliphatic rings. The number of likely N-dealkylation sites (tertiary alicyclic amines) is 1. The Morgan fingerprint density at radius 2 is 1.70 bits per heavy atom. The minimum absolute atomic E-state index is 0. The minimum Gasteiger partial charge on any atom is -0.316 e. The minimum atomic E-state index is 0. The first-order chi connectivity index (χ1) is 12.3. The molecule has 0 bridgehead atoms. The second kappa shape index (κ2) is 8.50. The monoisotopic (exact) mass is 468 g/mol. The van der Waals surface area contributed by atoms with Gasteiger partial charge in [-0.25, -0.2) is 4.98 Å². The number of halogens is 3. The number of nitrogens with zero attached hydrogens (tertiary/aromatic N) is 3. The highest BCUT2D eigenvalue weighted by atomic mass is 79.9. The van der Waals surface area contributed by atoms with Crippen LogP contribution in [-0.4, -0.2) is 40.5 Å². The van der Waals surface area contributed by atoms with Crippen molar-refractivity contribution in [2.24, 2.45) is 11.8 Å². The number of aromatic nitrogens is 2. The normalized spacial score (nSPS) is 21.7. The van der Waals surface area contributed by atoms with Crippen molar-refractivity contribution in [3.8, 4) is 11.3 Å². The third-order valence-corrected chi connectivity index (χ3v) is 6.11. The lowest BCUT2D eigenvalue weighted by molar-refractivity contribution is 0.301. The molecule has 2 saturated heterocycles. The van der Waals surface area contributed by atoms with Crippen molar-refractivity contribution in [3.63, 3.8) is 0 Å². The molecule has 1 aromatic carbocycles. The van der Waals surface area contributed by atoms with E-state index in [0.717, 1.165) is 34.2 Å². The molecule has 2 atom stereocenters. The van der Waals surface area contributed by atoms with Crippen LogP contribution < -0.4 is 5.32 Å². The Morgan fingerprint density at radius 1 is 1.00 bits per heavy atom. The van der Waals surface area contributed by atoms with Crippen LogP contribution in [-0.2, 0) is 6.54 Å². The molecular formula is C20H23BrCl2N4. The number of benzene rings is 1. The first-order valence-corrected chi connectivity index (χ1v) is 9.72. The van der Waals surface area contributed by atoms with Gasteiger partial charge in [0.25, 0.3) is 0 Å². The van der Waals surface area contributed by atoms with Crippen LogP contribution in [0, 0.1) is 11.8 Å². The zero-order valence-corrected chi connectivity index (χ0v) is 18.1. The highest BCUT2D eigenvalue weighted by molar-refractivity contribution is 9.10. The summed E-state index contributed by atoms with van der Waals surface area (Å²) in [6.45, 7) is 5.69. The number of rotatable bonds is 3. The van der Waals surface area contributed by atoms with E-state index in [1.165, 1.54) is 37.4 Å². The molecule has 4 nitrogen and oxygen atoms in total. The topological polar surface area (TPSA) is 32.6 Å². The molecule has 2 unspecified atom stereocenters. The third kappa shape index (κ3) is 3.89. The van der Waals surface area contributed by atoms with Crippen molar-refractivity contribution in [3.05, 3.63) is 58.8 Å². The molecule has 2 aromatic heterocycles. The molecular weight excluding hydrogens is 447 g/mol. The first-order valence-electron chi connectivity index (χ1n) is 8.93. The largest absolute Gasteiger partial charge is 0.316 e. The fraction of sp³-hybridized carbons (Fsp3) is 0.350. The highest BCUT2D eigenvalue weighted by Crippen LogP contribution is 2.31. The first kappa shape index (κ1) is 20.6. The van der Waals surface area contributed by atoms with E-state index in [9.17, 15) is 0 Å². The number of imidazole rings is 1. The zero-order chi connectivity index (χ0) is 16.8. The Balaban J connectivity index is 0.00000105. The van der Waals surface area contributed by atoms with Crippen molar-refractivity contribution in [1.29, 1.82) is 0 Å². The SMILES string of the molecule is Brc1ccc(-c2nc3ccccn3c2CN2CC3CNCC3C2)cc1.Cl.Cl. The van der Waals surface area contributed by atoms with E-state index in [-0.39, 0.29) is 24.8 Å². The molecule has 144 valence electrons. The van der Waals surface area contributed by atoms with Crippen LogP contribution in [0.3, 0.4) is 0 Å². The van der Waals surface area contributed by atoms with Crippen LogP contribution in [0.5, 0.6) is 0 Å². The van der Waals surface area contributed by atoms with Gasteiger partial charge in [-0.15, -0.1) is 24.8 Å². The lowest BCUT2D eigenvalue weighted by Gasteiger charge is -2.17. The van der Waals surface area contributed by atoms with Crippen LogP contribution in [0.15, 0.2) is 53.1 Å². The predicted octanol–water partition coefficient (Wildman–Crippen LogP) is 4.26. The van der Waals surface area contributed by atoms with Crippen LogP contribution in [0.2, 0.25) is 0 Å². The van der Waals surface area contributed by atoms with Gasteiger partial charge in [0.15, 0.2) is 0 Å². The maximum Gasteiger partial charge on any atom is 0.137 e. The molecule has 0 radical (unpaired) electrons. The van der Waals surface area contributed by atoms with E-state index < -0.39 is 0 Å². The molecule has 0 aliphatic carbocycles. The molecule has 2 aliphatic heterocycles. The predicted molar refractivity (Wildman–Crippen MR) is 118 cm³/mol. The summed E-state index contributed by atoms with van der Waals surface area (Å²) in [7, 11) is 0. The van der Waals surface area contributed by atoms with Crippen LogP contribution >= 0.6 is 40.7 Å². The lowest BCUT2D eigenvalue weighted by atomic mass is 10.0. The van der Waals surface area contributed by atoms with E-state index in [4.69, 9.17) is 4.98 Å². The number of pyridine rings is 1. The van der Waals surface area contributed by atoms with Crippen molar-refractivity contribution in [2.75, 3.05) is 26.2 Å². The molecule has 4 heterocycles. The van der Waals surface area contributed by atoms with E-state index in [2.05, 4.69) is 79.2 Å². The van der Waals surface area contributed by atoms with Crippen LogP contribution in [0.25, 0.3) is 16.9 Å². The summed E-state index contributed by atoms with van der Waals surface area (Å²) in [5, 5.41) is 3.53. The summed E-state index contributed by atoms with van der Waals surface area (Å²) < 4.78 is 3.35. The number of hydrogen-bond donors (Lipinski definition) is 1. The summed E-state index contributed by atoms with van der Waals surface area (Å²) in [6.07, 6.45) is 2.14. The summed E-state index contributed by atoms with van der Waals surface area (Å²) in [4.78, 5) is 7.54. The van der Waals surface area contributed by atoms with E-state index >= 15 is 0 Å². The Bertz CT molecular complexity index is 900. The van der Waals surface area contributed by atoms with Crippen molar-refractivity contribution in [2.45, 2.75) is 6.54 Å². The fourth-order valence-electron chi connectivity index (χ4n) is 4.33. The van der Waals surface area contributed by atoms with E-state index in [1.54, 1.807) is 0 Å². The zero-order valence-electron chi connectivity index (χ0n) is 14.8. The van der Waals surface area contributed by atoms with Gasteiger partial charge in [0.1, 0.15) is 5.65 Å². The molecule has 0 amide bonds. The van der Waals surface area contributed by atoms with Gasteiger partial charge in [0.05, 0.1) is 11.4 Å². The smallest absolute Gasteiger partial charge is 0.137 e. The van der Waals surface area contributed by atoms with Gasteiger partial charge in [-0.05, 0) is 49.2 Å². The Hall–Kier alpha value is -1.11. The molecule has 5 rings (SSSR count). The van der Waals surface area contributed by atoms with Crippen LogP contribution in [0.4, 0.5) is 0 Å². The standard InChI is InChI=1S/C20H21BrN4.2ClH/c21-17-6-4-14(5-7-17)20-18(25-8-2-1-3-19(25)23-20)13-24-11-15-9-22-10-16(15)12-24;;/h1-8,15-16,22H,9-13H2;2*1H. The summed E-state index contributed by atoms with van der Waals surface area (Å²) in [5.41, 5.74) is 4.61. The van der Waals surface area contributed by atoms with Gasteiger partial charge >= 0.3 is 0 Å². The summed E-state index contributed by atoms with van der Waals surface area (Å²) >= 11 is 3.53. The number of nitrogens with one attached hydrogen (secondary N) is 1. The number of fused-ring (bicyclic) bond motifs is 2. The third-order valence-electron chi connectivity index (χ3n) is 5.59. The van der Waals surface area contributed by atoms with E-state index in [1.807, 2.05) is 0 Å². The molecule has 27 heavy (non-hydrogen) atoms. The van der Waals surface area contributed by atoms with Crippen molar-refractivity contribution < 1.29 is 0 Å². The molecule has 3 aromatic rings. The molecule has 0 saturated carbocycles. The summed E-state index contributed by atoms with van der Waals surface area (Å²) in [5.74, 6) is 1.63. The van der Waals surface area contributed by atoms with Gasteiger partial charge in [0, 0.05) is 35.9 Å². The highest BCUT2D eigenvalue weighted by Gasteiger charge is 2.36. The quantitative estimate of drug-likeness (QED) is 0.622. The molecule has 1 N–H and O–H groups in total. The second-order valence-corrected chi connectivity index (χ2v) is 8.13. The van der Waals surface area contributed by atoms with Crippen molar-refractivity contribution >= 4 is 46.4 Å². The molecule has 2 fully saturated rings. The molecule has 7 heteroatoms.